The summed E-state index contributed by atoms with van der Waals surface area (Å²) < 4.78 is 1.85. The van der Waals surface area contributed by atoms with Crippen molar-refractivity contribution in [2.24, 2.45) is 0 Å². The predicted molar refractivity (Wildman–Crippen MR) is 109 cm³/mol. The van der Waals surface area contributed by atoms with Gasteiger partial charge in [0, 0.05) is 41.6 Å². The van der Waals surface area contributed by atoms with Crippen molar-refractivity contribution in [3.05, 3.63) is 46.8 Å². The third-order valence-corrected chi connectivity index (χ3v) is 5.25. The molecule has 0 fully saturated rings. The lowest BCUT2D eigenvalue weighted by Crippen LogP contribution is -2.45. The van der Waals surface area contributed by atoms with Crippen molar-refractivity contribution in [1.82, 2.24) is 20.4 Å². The molecule has 8 nitrogen and oxygen atoms in total. The van der Waals surface area contributed by atoms with E-state index in [1.807, 2.05) is 57.5 Å². The fourth-order valence-corrected chi connectivity index (χ4v) is 3.76. The first-order valence-electron chi connectivity index (χ1n) is 9.79. The molecule has 0 spiro atoms. The Morgan fingerprint density at radius 2 is 1.86 bits per heavy atom. The molecule has 1 unspecified atom stereocenters. The molecule has 1 aromatic carbocycles. The molecule has 154 valence electrons. The number of carbonyl (C=O) groups is 3. The number of aromatic nitrogens is 2. The molecule has 3 rings (SSSR count). The number of aryl methyl sites for hydroxylation is 2. The van der Waals surface area contributed by atoms with Crippen LogP contribution in [0.3, 0.4) is 0 Å². The third-order valence-electron chi connectivity index (χ3n) is 5.25. The lowest BCUT2D eigenvalue weighted by atomic mass is 10.1. The summed E-state index contributed by atoms with van der Waals surface area (Å²) >= 11 is 0. The maximum absolute atomic E-state index is 12.8. The number of carbonyl (C=O) groups excluding carboxylic acids is 3. The van der Waals surface area contributed by atoms with Gasteiger partial charge in [-0.1, -0.05) is 18.2 Å². The van der Waals surface area contributed by atoms with Crippen LogP contribution in [0.1, 0.15) is 49.3 Å². The number of hydrogen-bond acceptors (Lipinski definition) is 4. The largest absolute Gasteiger partial charge is 0.344 e. The van der Waals surface area contributed by atoms with E-state index in [1.165, 1.54) is 0 Å². The number of rotatable bonds is 5. The predicted octanol–water partition coefficient (Wildman–Crippen LogP) is 1.75. The summed E-state index contributed by atoms with van der Waals surface area (Å²) in [6.45, 7) is 10.6. The number of fused-ring (bicyclic) bond motifs is 1. The van der Waals surface area contributed by atoms with E-state index in [0.717, 1.165) is 29.2 Å². The summed E-state index contributed by atoms with van der Waals surface area (Å²) in [6.07, 6.45) is 0. The van der Waals surface area contributed by atoms with Gasteiger partial charge in [-0.05, 0) is 40.7 Å². The Morgan fingerprint density at radius 1 is 1.17 bits per heavy atom. The number of nitrogens with zero attached hydrogens (tertiary/aromatic N) is 3. The quantitative estimate of drug-likeness (QED) is 0.752. The van der Waals surface area contributed by atoms with Crippen LogP contribution in [0.5, 0.6) is 0 Å². The van der Waals surface area contributed by atoms with Crippen LogP contribution in [-0.4, -0.2) is 33.5 Å². The molecular weight excluding hydrogens is 370 g/mol. The van der Waals surface area contributed by atoms with E-state index in [4.69, 9.17) is 0 Å². The van der Waals surface area contributed by atoms with Crippen molar-refractivity contribution in [2.45, 2.75) is 59.8 Å². The Hall–Kier alpha value is -3.16. The average Bonchev–Trinajstić information content (AvgIpc) is 3.12. The molecule has 1 aliphatic rings. The summed E-state index contributed by atoms with van der Waals surface area (Å²) in [7, 11) is 0. The van der Waals surface area contributed by atoms with Crippen LogP contribution >= 0.6 is 0 Å². The first kappa shape index (κ1) is 20.6. The van der Waals surface area contributed by atoms with Crippen molar-refractivity contribution in [3.63, 3.8) is 0 Å². The maximum Gasteiger partial charge on any atom is 0.310 e. The molecule has 1 aliphatic heterocycles. The Balaban J connectivity index is 1.70. The minimum absolute atomic E-state index is 0.0552. The summed E-state index contributed by atoms with van der Waals surface area (Å²) in [4.78, 5) is 39.3. The van der Waals surface area contributed by atoms with Gasteiger partial charge in [0.2, 0.25) is 0 Å². The highest BCUT2D eigenvalue weighted by atomic mass is 16.2. The number of amides is 3. The molecule has 2 aromatic rings. The number of benzene rings is 1. The SMILES string of the molecule is CCn1nc(C)c(CNC(=O)C(=O)NC2C(=O)N(C(C)C)c3ccccc32)c1C. The molecule has 1 aromatic heterocycles. The molecule has 0 aliphatic carbocycles. The minimum atomic E-state index is -0.863. The van der Waals surface area contributed by atoms with E-state index >= 15 is 0 Å². The zero-order valence-corrected chi connectivity index (χ0v) is 17.4. The van der Waals surface area contributed by atoms with Gasteiger partial charge in [0.05, 0.1) is 5.69 Å². The van der Waals surface area contributed by atoms with Gasteiger partial charge in [-0.25, -0.2) is 0 Å². The van der Waals surface area contributed by atoms with Gasteiger partial charge < -0.3 is 15.5 Å². The van der Waals surface area contributed by atoms with Crippen LogP contribution in [0.4, 0.5) is 5.69 Å². The molecule has 0 bridgehead atoms. The fraction of sp³-hybridized carbons (Fsp3) is 0.429. The highest BCUT2D eigenvalue weighted by Crippen LogP contribution is 2.36. The second-order valence-corrected chi connectivity index (χ2v) is 7.42. The number of anilines is 1. The Morgan fingerprint density at radius 3 is 2.48 bits per heavy atom. The van der Waals surface area contributed by atoms with Crippen LogP contribution in [0.25, 0.3) is 0 Å². The van der Waals surface area contributed by atoms with E-state index in [1.54, 1.807) is 11.0 Å². The first-order valence-corrected chi connectivity index (χ1v) is 9.79. The first-order chi connectivity index (χ1) is 13.8. The van der Waals surface area contributed by atoms with Gasteiger partial charge in [-0.2, -0.15) is 5.10 Å². The number of para-hydroxylation sites is 1. The van der Waals surface area contributed by atoms with Gasteiger partial charge in [0.25, 0.3) is 5.91 Å². The van der Waals surface area contributed by atoms with E-state index < -0.39 is 17.9 Å². The lowest BCUT2D eigenvalue weighted by molar-refractivity contribution is -0.140. The summed E-state index contributed by atoms with van der Waals surface area (Å²) in [5.41, 5.74) is 4.12. The second kappa shape index (κ2) is 8.06. The highest BCUT2D eigenvalue weighted by Gasteiger charge is 2.39. The molecule has 0 radical (unpaired) electrons. The molecule has 1 atom stereocenters. The van der Waals surface area contributed by atoms with Gasteiger partial charge in [-0.3, -0.25) is 19.1 Å². The third kappa shape index (κ3) is 3.74. The number of hydrogen-bond donors (Lipinski definition) is 2. The van der Waals surface area contributed by atoms with Gasteiger partial charge in [0.1, 0.15) is 6.04 Å². The molecule has 8 heteroatoms. The van der Waals surface area contributed by atoms with Crippen molar-refractivity contribution < 1.29 is 14.4 Å². The summed E-state index contributed by atoms with van der Waals surface area (Å²) in [6, 6.07) is 6.38. The van der Waals surface area contributed by atoms with E-state index in [0.29, 0.717) is 5.56 Å². The van der Waals surface area contributed by atoms with Crippen molar-refractivity contribution in [1.29, 1.82) is 0 Å². The monoisotopic (exact) mass is 397 g/mol. The molecule has 29 heavy (non-hydrogen) atoms. The fourth-order valence-electron chi connectivity index (χ4n) is 3.76. The van der Waals surface area contributed by atoms with Gasteiger partial charge in [-0.15, -0.1) is 0 Å². The number of nitrogens with one attached hydrogen (secondary N) is 2. The summed E-state index contributed by atoms with van der Waals surface area (Å²) in [5.74, 6) is -1.85. The van der Waals surface area contributed by atoms with Crippen molar-refractivity contribution >= 4 is 23.4 Å². The van der Waals surface area contributed by atoms with Crippen molar-refractivity contribution in [2.75, 3.05) is 4.90 Å². The Kier molecular flexibility index (Phi) is 5.72. The summed E-state index contributed by atoms with van der Waals surface area (Å²) in [5, 5.41) is 9.63. The van der Waals surface area contributed by atoms with Crippen LogP contribution < -0.4 is 15.5 Å². The molecular formula is C21H27N5O3. The van der Waals surface area contributed by atoms with Crippen molar-refractivity contribution in [3.8, 4) is 0 Å². The maximum atomic E-state index is 12.8. The van der Waals surface area contributed by atoms with Gasteiger partial charge >= 0.3 is 11.8 Å². The Labute approximate surface area is 170 Å². The zero-order valence-electron chi connectivity index (χ0n) is 17.4. The Bertz CT molecular complexity index is 963. The minimum Gasteiger partial charge on any atom is -0.344 e. The zero-order chi connectivity index (χ0) is 21.3. The second-order valence-electron chi connectivity index (χ2n) is 7.42. The van der Waals surface area contributed by atoms with Crippen LogP contribution in [0, 0.1) is 13.8 Å². The average molecular weight is 397 g/mol. The smallest absolute Gasteiger partial charge is 0.310 e. The lowest BCUT2D eigenvalue weighted by Gasteiger charge is -2.22. The van der Waals surface area contributed by atoms with Gasteiger partial charge in [0.15, 0.2) is 0 Å². The standard InChI is InChI=1S/C21H27N5O3/c1-6-25-14(5)16(13(4)24-25)11-22-19(27)20(28)23-18-15-9-7-8-10-17(15)26(12(2)3)21(18)29/h7-10,12,18H,6,11H2,1-5H3,(H,22,27)(H,23,28). The van der Waals surface area contributed by atoms with E-state index in [-0.39, 0.29) is 18.5 Å². The van der Waals surface area contributed by atoms with E-state index in [2.05, 4.69) is 15.7 Å². The molecule has 2 N–H and O–H groups in total. The normalized spacial score (nSPS) is 15.6. The van der Waals surface area contributed by atoms with Crippen LogP contribution in [-0.2, 0) is 27.5 Å². The van der Waals surface area contributed by atoms with Crippen LogP contribution in [0.15, 0.2) is 24.3 Å². The molecule has 0 saturated heterocycles. The highest BCUT2D eigenvalue weighted by molar-refractivity contribution is 6.35. The molecule has 0 saturated carbocycles. The van der Waals surface area contributed by atoms with E-state index in [9.17, 15) is 14.4 Å². The topological polar surface area (TPSA) is 96.3 Å². The van der Waals surface area contributed by atoms with Crippen LogP contribution in [0.2, 0.25) is 0 Å². The molecule has 3 amide bonds. The molecule has 2 heterocycles.